The molecular weight excluding hydrogens is 488 g/mol. The van der Waals surface area contributed by atoms with Gasteiger partial charge in [0, 0.05) is 29.7 Å². The summed E-state index contributed by atoms with van der Waals surface area (Å²) in [5.41, 5.74) is -2.12. The number of carbonyl (C=O) groups is 3. The number of Topliss-reactive ketones (excluding diaryl/α,β-unsaturated/α-hetero) is 1. The Labute approximate surface area is 225 Å². The maximum absolute atomic E-state index is 13.8. The summed E-state index contributed by atoms with van der Waals surface area (Å²) in [6.07, 6.45) is 2.21. The van der Waals surface area contributed by atoms with Crippen molar-refractivity contribution < 1.29 is 38.8 Å². The predicted molar refractivity (Wildman–Crippen MR) is 140 cm³/mol. The molecule has 0 aromatic heterocycles. The van der Waals surface area contributed by atoms with Crippen LogP contribution in [0.15, 0.2) is 23.0 Å². The zero-order valence-corrected chi connectivity index (χ0v) is 24.0. The Balaban J connectivity index is 1.67. The number of aliphatic hydroxyl groups excluding tert-OH is 1. The molecule has 2 aliphatic heterocycles. The van der Waals surface area contributed by atoms with E-state index in [2.05, 4.69) is 6.92 Å². The Morgan fingerprint density at radius 3 is 2.45 bits per heavy atom. The molecule has 2 heterocycles. The molecule has 0 aromatic carbocycles. The summed E-state index contributed by atoms with van der Waals surface area (Å²) >= 11 is 0. The van der Waals surface area contributed by atoms with Crippen LogP contribution < -0.4 is 0 Å². The van der Waals surface area contributed by atoms with Crippen molar-refractivity contribution in [1.29, 1.82) is 0 Å². The van der Waals surface area contributed by atoms with Gasteiger partial charge in [0.15, 0.2) is 11.5 Å². The molecule has 2 fully saturated rings. The van der Waals surface area contributed by atoms with Crippen LogP contribution in [0.25, 0.3) is 0 Å². The fourth-order valence-corrected chi connectivity index (χ4v) is 7.46. The number of esters is 1. The lowest BCUT2D eigenvalue weighted by Gasteiger charge is -2.61. The van der Waals surface area contributed by atoms with Crippen LogP contribution >= 0.6 is 0 Å². The largest absolute Gasteiger partial charge is 0.482 e. The van der Waals surface area contributed by atoms with Crippen molar-refractivity contribution in [3.63, 3.8) is 0 Å². The molecule has 8 heteroatoms. The summed E-state index contributed by atoms with van der Waals surface area (Å²) in [5, 5.41) is 22.3. The molecule has 212 valence electrons. The molecule has 38 heavy (non-hydrogen) atoms. The minimum atomic E-state index is -1.19. The van der Waals surface area contributed by atoms with Crippen molar-refractivity contribution in [2.75, 3.05) is 0 Å². The van der Waals surface area contributed by atoms with Gasteiger partial charge in [-0.3, -0.25) is 14.4 Å². The van der Waals surface area contributed by atoms with E-state index in [-0.39, 0.29) is 35.0 Å². The normalized spacial score (nSPS) is 37.7. The maximum atomic E-state index is 13.8. The summed E-state index contributed by atoms with van der Waals surface area (Å²) in [5.74, 6) is -2.41. The highest BCUT2D eigenvalue weighted by Crippen LogP contribution is 2.59. The van der Waals surface area contributed by atoms with Gasteiger partial charge in [-0.25, -0.2) is 0 Å². The van der Waals surface area contributed by atoms with Gasteiger partial charge in [0.1, 0.15) is 11.7 Å². The van der Waals surface area contributed by atoms with E-state index in [9.17, 15) is 24.6 Å². The average Bonchev–Trinajstić information content (AvgIpc) is 2.81. The lowest BCUT2D eigenvalue weighted by Crippen LogP contribution is -2.66. The highest BCUT2D eigenvalue weighted by molar-refractivity contribution is 6.22. The molecule has 8 nitrogen and oxygen atoms in total. The van der Waals surface area contributed by atoms with Crippen molar-refractivity contribution in [2.45, 2.75) is 123 Å². The molecule has 9 atom stereocenters. The van der Waals surface area contributed by atoms with E-state index in [0.717, 1.165) is 6.42 Å². The SMILES string of the molecule is CCC(C)C(OC(C)=O)C(C)C1=CC(=O)C2=C(O[C@@]3(C)CCC4OC(C(C)(C)O)CC[C@]4(C)C3C2O)C1=O. The minimum Gasteiger partial charge on any atom is -0.482 e. The first-order chi connectivity index (χ1) is 17.5. The monoisotopic (exact) mass is 532 g/mol. The summed E-state index contributed by atoms with van der Waals surface area (Å²) in [6.45, 7) is 14.5. The van der Waals surface area contributed by atoms with Gasteiger partial charge < -0.3 is 24.4 Å². The molecule has 2 N–H and O–H groups in total. The van der Waals surface area contributed by atoms with E-state index in [4.69, 9.17) is 14.2 Å². The van der Waals surface area contributed by atoms with Crippen LogP contribution in [0.1, 0.15) is 87.5 Å². The molecule has 7 unspecified atom stereocenters. The summed E-state index contributed by atoms with van der Waals surface area (Å²) in [6, 6.07) is 0. The molecule has 0 radical (unpaired) electrons. The van der Waals surface area contributed by atoms with Crippen LogP contribution in [0.3, 0.4) is 0 Å². The van der Waals surface area contributed by atoms with Crippen molar-refractivity contribution in [2.24, 2.45) is 23.2 Å². The van der Waals surface area contributed by atoms with Gasteiger partial charge in [-0.15, -0.1) is 0 Å². The van der Waals surface area contributed by atoms with E-state index >= 15 is 0 Å². The third-order valence-electron chi connectivity index (χ3n) is 9.77. The van der Waals surface area contributed by atoms with Crippen LogP contribution in [0.4, 0.5) is 0 Å². The number of allylic oxidation sites excluding steroid dienone is 2. The molecule has 2 aliphatic carbocycles. The van der Waals surface area contributed by atoms with E-state index in [1.54, 1.807) is 20.8 Å². The van der Waals surface area contributed by atoms with Crippen molar-refractivity contribution in [3.05, 3.63) is 23.0 Å². The van der Waals surface area contributed by atoms with Gasteiger partial charge in [-0.05, 0) is 58.4 Å². The second-order valence-electron chi connectivity index (χ2n) is 13.0. The van der Waals surface area contributed by atoms with Crippen molar-refractivity contribution in [3.8, 4) is 0 Å². The topological polar surface area (TPSA) is 119 Å². The standard InChI is InChI=1S/C30H44O8/c1-9-15(2)25(36-17(4)31)16(3)18-14-19(32)22-24(34)27-29(7)12-10-20(28(5,6)35)37-21(29)11-13-30(27,8)38-26(22)23(18)33/h14-16,20-21,24-25,27,34-35H,9-13H2,1-8H3/t15?,16?,20?,21?,24?,25?,27?,29-,30-/m0/s1. The second-order valence-corrected chi connectivity index (χ2v) is 13.0. The number of ketones is 2. The average molecular weight is 533 g/mol. The summed E-state index contributed by atoms with van der Waals surface area (Å²) in [4.78, 5) is 39.1. The van der Waals surface area contributed by atoms with Crippen LogP contribution in [0.5, 0.6) is 0 Å². The molecule has 0 aromatic rings. The van der Waals surface area contributed by atoms with Gasteiger partial charge >= 0.3 is 5.97 Å². The van der Waals surface area contributed by atoms with Crippen LogP contribution in [0.2, 0.25) is 0 Å². The van der Waals surface area contributed by atoms with E-state index in [0.29, 0.717) is 25.7 Å². The first kappa shape index (κ1) is 29.0. The Morgan fingerprint density at radius 1 is 1.21 bits per heavy atom. The fourth-order valence-electron chi connectivity index (χ4n) is 7.46. The Hall–Kier alpha value is -2.03. The quantitative estimate of drug-likeness (QED) is 0.391. The van der Waals surface area contributed by atoms with Gasteiger partial charge in [0.05, 0.1) is 29.5 Å². The lowest BCUT2D eigenvalue weighted by atomic mass is 9.52. The zero-order chi connectivity index (χ0) is 28.4. The van der Waals surface area contributed by atoms with Crippen LogP contribution in [0, 0.1) is 23.2 Å². The highest BCUT2D eigenvalue weighted by Gasteiger charge is 2.64. The fraction of sp³-hybridized carbons (Fsp3) is 0.767. The van der Waals surface area contributed by atoms with Crippen molar-refractivity contribution in [1.82, 2.24) is 0 Å². The van der Waals surface area contributed by atoms with E-state index < -0.39 is 58.2 Å². The Kier molecular flexibility index (Phi) is 7.52. The second kappa shape index (κ2) is 9.86. The molecular formula is C30H44O8. The smallest absolute Gasteiger partial charge is 0.302 e. The molecule has 0 amide bonds. The third kappa shape index (κ3) is 4.66. The van der Waals surface area contributed by atoms with Gasteiger partial charge in [0.25, 0.3) is 0 Å². The molecule has 4 rings (SSSR count). The van der Waals surface area contributed by atoms with E-state index in [1.165, 1.54) is 13.0 Å². The molecule has 0 bridgehead atoms. The van der Waals surface area contributed by atoms with Crippen LogP contribution in [-0.2, 0) is 28.6 Å². The van der Waals surface area contributed by atoms with Gasteiger partial charge in [-0.1, -0.05) is 34.1 Å². The highest BCUT2D eigenvalue weighted by atomic mass is 16.5. The molecule has 4 aliphatic rings. The van der Waals surface area contributed by atoms with Crippen molar-refractivity contribution >= 4 is 17.5 Å². The Morgan fingerprint density at radius 2 is 1.87 bits per heavy atom. The predicted octanol–water partition coefficient (Wildman–Crippen LogP) is 3.82. The number of aliphatic hydroxyl groups is 2. The first-order valence-electron chi connectivity index (χ1n) is 14.0. The number of hydrogen-bond acceptors (Lipinski definition) is 8. The van der Waals surface area contributed by atoms with Gasteiger partial charge in [-0.2, -0.15) is 0 Å². The number of ether oxygens (including phenoxy) is 3. The Bertz CT molecular complexity index is 1070. The minimum absolute atomic E-state index is 0.00693. The summed E-state index contributed by atoms with van der Waals surface area (Å²) < 4.78 is 18.4. The molecule has 1 saturated carbocycles. The van der Waals surface area contributed by atoms with E-state index in [1.807, 2.05) is 20.8 Å². The molecule has 0 spiro atoms. The maximum Gasteiger partial charge on any atom is 0.302 e. The third-order valence-corrected chi connectivity index (χ3v) is 9.77. The number of fused-ring (bicyclic) bond motifs is 3. The number of hydrogen-bond donors (Lipinski definition) is 2. The molecule has 1 saturated heterocycles. The summed E-state index contributed by atoms with van der Waals surface area (Å²) in [7, 11) is 0. The number of rotatable bonds is 6. The zero-order valence-electron chi connectivity index (χ0n) is 24.0. The van der Waals surface area contributed by atoms with Gasteiger partial charge in [0.2, 0.25) is 5.78 Å². The first-order valence-corrected chi connectivity index (χ1v) is 14.0. The van der Waals surface area contributed by atoms with Crippen LogP contribution in [-0.4, -0.2) is 63.4 Å². The lowest BCUT2D eigenvalue weighted by molar-refractivity contribution is -0.260. The number of carbonyl (C=O) groups excluding carboxylic acids is 3.